The Kier molecular flexibility index (Phi) is 6.48. The van der Waals surface area contributed by atoms with Gasteiger partial charge in [-0.05, 0) is 66.9 Å². The summed E-state index contributed by atoms with van der Waals surface area (Å²) in [5.74, 6) is -0.931. The fourth-order valence-electron chi connectivity index (χ4n) is 4.38. The van der Waals surface area contributed by atoms with Crippen molar-refractivity contribution in [3.8, 4) is 0 Å². The Morgan fingerprint density at radius 2 is 1.97 bits per heavy atom. The normalized spacial score (nSPS) is 15.9. The molecule has 1 N–H and O–H groups in total. The van der Waals surface area contributed by atoms with Crippen molar-refractivity contribution in [3.05, 3.63) is 94.8 Å². The van der Waals surface area contributed by atoms with Gasteiger partial charge < -0.3 is 9.47 Å². The number of nitrogens with one attached hydrogen (secondary N) is 1. The second-order valence-corrected chi connectivity index (χ2v) is 9.29. The minimum absolute atomic E-state index is 0.0888. The molecule has 5 rings (SSSR count). The van der Waals surface area contributed by atoms with Gasteiger partial charge in [0.1, 0.15) is 5.69 Å². The molecule has 0 aliphatic carbocycles. The van der Waals surface area contributed by atoms with Crippen molar-refractivity contribution in [1.82, 2.24) is 14.5 Å². The molecule has 1 aliphatic heterocycles. The van der Waals surface area contributed by atoms with Crippen LogP contribution in [0.3, 0.4) is 0 Å². The number of carbonyl (C=O) groups excluding carboxylic acids is 1. The van der Waals surface area contributed by atoms with Crippen molar-refractivity contribution >= 4 is 28.1 Å². The highest BCUT2D eigenvalue weighted by Gasteiger charge is 2.32. The highest BCUT2D eigenvalue weighted by Crippen LogP contribution is 2.38. The molecule has 1 aromatic carbocycles. The predicted molar refractivity (Wildman–Crippen MR) is 129 cm³/mol. The van der Waals surface area contributed by atoms with Crippen molar-refractivity contribution in [3.63, 3.8) is 0 Å². The summed E-state index contributed by atoms with van der Waals surface area (Å²) in [4.78, 5) is 23.1. The van der Waals surface area contributed by atoms with E-state index in [1.54, 1.807) is 29.0 Å². The molecule has 0 spiro atoms. The molecule has 186 valence electrons. The third kappa shape index (κ3) is 5.11. The van der Waals surface area contributed by atoms with Crippen LogP contribution in [0.1, 0.15) is 46.2 Å². The van der Waals surface area contributed by atoms with Crippen molar-refractivity contribution in [2.24, 2.45) is 0 Å². The van der Waals surface area contributed by atoms with Crippen LogP contribution < -0.4 is 10.2 Å². The van der Waals surface area contributed by atoms with Crippen LogP contribution in [-0.4, -0.2) is 27.0 Å². The van der Waals surface area contributed by atoms with Crippen molar-refractivity contribution < 1.29 is 22.4 Å². The van der Waals surface area contributed by atoms with Gasteiger partial charge in [-0.25, -0.2) is 9.97 Å². The number of aromatic nitrogens is 3. The fourth-order valence-corrected chi connectivity index (χ4v) is 5.13. The molecule has 1 amide bonds. The van der Waals surface area contributed by atoms with E-state index >= 15 is 0 Å². The summed E-state index contributed by atoms with van der Waals surface area (Å²) < 4.78 is 53.9. The zero-order valence-electron chi connectivity index (χ0n) is 18.9. The van der Waals surface area contributed by atoms with Gasteiger partial charge in [0.05, 0.1) is 17.3 Å². The average molecular weight is 516 g/mol. The van der Waals surface area contributed by atoms with E-state index in [0.29, 0.717) is 35.2 Å². The molecule has 0 saturated carbocycles. The van der Waals surface area contributed by atoms with Gasteiger partial charge in [0.25, 0.3) is 5.91 Å². The van der Waals surface area contributed by atoms with Crippen molar-refractivity contribution in [1.29, 1.82) is 0 Å². The molecule has 0 bridgehead atoms. The van der Waals surface area contributed by atoms with Gasteiger partial charge in [-0.3, -0.25) is 10.1 Å². The van der Waals surface area contributed by atoms with Gasteiger partial charge in [-0.15, -0.1) is 11.3 Å². The molecule has 1 aliphatic rings. The number of anilines is 2. The van der Waals surface area contributed by atoms with Crippen molar-refractivity contribution in [2.75, 3.05) is 16.8 Å². The minimum atomic E-state index is -4.38. The van der Waals surface area contributed by atoms with Crippen LogP contribution in [0.25, 0.3) is 0 Å². The fraction of sp³-hybridized carbons (Fsp3) is 0.240. The standard InChI is InChI=1S/C25H21F4N5OS/c26-22-13-16(9-10-30-22)14-33-11-1-4-21(33)23(35)32-24-31-19(15-36-24)20-3-2-12-34(20)18-7-5-17(6-8-18)25(27,28)29/h1,4-11,13,15,20H,2-3,12,14H2,(H,31,32,35)/t20-/m0/s1. The number of benzene rings is 1. The number of amides is 1. The quantitative estimate of drug-likeness (QED) is 0.248. The second-order valence-electron chi connectivity index (χ2n) is 8.44. The van der Waals surface area contributed by atoms with Crippen LogP contribution in [0.2, 0.25) is 0 Å². The summed E-state index contributed by atoms with van der Waals surface area (Å²) >= 11 is 1.29. The molecule has 0 unspecified atom stereocenters. The van der Waals surface area contributed by atoms with Crippen molar-refractivity contribution in [2.45, 2.75) is 31.6 Å². The zero-order chi connectivity index (χ0) is 25.3. The number of nitrogens with zero attached hydrogens (tertiary/aromatic N) is 4. The van der Waals surface area contributed by atoms with Crippen LogP contribution in [-0.2, 0) is 12.7 Å². The van der Waals surface area contributed by atoms with E-state index in [2.05, 4.69) is 15.3 Å². The first-order valence-corrected chi connectivity index (χ1v) is 12.1. The molecule has 1 atom stereocenters. The molecule has 4 heterocycles. The molecule has 36 heavy (non-hydrogen) atoms. The summed E-state index contributed by atoms with van der Waals surface area (Å²) in [6.45, 7) is 1.01. The summed E-state index contributed by atoms with van der Waals surface area (Å²) in [7, 11) is 0. The van der Waals surface area contributed by atoms with Gasteiger partial charge in [-0.2, -0.15) is 17.6 Å². The lowest BCUT2D eigenvalue weighted by Gasteiger charge is -2.26. The Balaban J connectivity index is 1.28. The summed E-state index contributed by atoms with van der Waals surface area (Å²) in [6, 6.07) is 11.5. The number of hydrogen-bond donors (Lipinski definition) is 1. The Morgan fingerprint density at radius 1 is 1.17 bits per heavy atom. The number of thiazole rings is 1. The Labute approximate surface area is 208 Å². The maximum absolute atomic E-state index is 13.4. The molecule has 1 fully saturated rings. The number of carbonyl (C=O) groups is 1. The maximum Gasteiger partial charge on any atom is 0.416 e. The smallest absolute Gasteiger partial charge is 0.363 e. The Hall–Kier alpha value is -3.73. The first kappa shape index (κ1) is 24.0. The van der Waals surface area contributed by atoms with E-state index in [4.69, 9.17) is 0 Å². The Morgan fingerprint density at radius 3 is 2.72 bits per heavy atom. The lowest BCUT2D eigenvalue weighted by Crippen LogP contribution is -2.23. The van der Waals surface area contributed by atoms with Gasteiger partial charge >= 0.3 is 6.18 Å². The monoisotopic (exact) mass is 515 g/mol. The van der Waals surface area contributed by atoms with Crippen LogP contribution in [0.15, 0.2) is 66.3 Å². The summed E-state index contributed by atoms with van der Waals surface area (Å²) in [5, 5.41) is 5.11. The van der Waals surface area contributed by atoms with Crippen LogP contribution >= 0.6 is 11.3 Å². The molecular weight excluding hydrogens is 494 g/mol. The van der Waals surface area contributed by atoms with Crippen LogP contribution in [0.4, 0.5) is 28.4 Å². The molecule has 1 saturated heterocycles. The summed E-state index contributed by atoms with van der Waals surface area (Å²) in [6.07, 6.45) is 0.430. The Bertz CT molecular complexity index is 1370. The second kappa shape index (κ2) is 9.73. The number of alkyl halides is 3. The van der Waals surface area contributed by atoms with E-state index in [1.165, 1.54) is 35.7 Å². The highest BCUT2D eigenvalue weighted by molar-refractivity contribution is 7.14. The molecule has 6 nitrogen and oxygen atoms in total. The van der Waals surface area contributed by atoms with Gasteiger partial charge in [0.2, 0.25) is 5.95 Å². The lowest BCUT2D eigenvalue weighted by atomic mass is 10.1. The third-order valence-electron chi connectivity index (χ3n) is 6.07. The van der Waals surface area contributed by atoms with Crippen LogP contribution in [0.5, 0.6) is 0 Å². The van der Waals surface area contributed by atoms with E-state index in [1.807, 2.05) is 10.3 Å². The third-order valence-corrected chi connectivity index (χ3v) is 6.84. The highest BCUT2D eigenvalue weighted by atomic mass is 32.1. The van der Waals surface area contributed by atoms with Crippen LogP contribution in [0, 0.1) is 5.95 Å². The lowest BCUT2D eigenvalue weighted by molar-refractivity contribution is -0.137. The SMILES string of the molecule is O=C(Nc1nc([C@@H]2CCCN2c2ccc(C(F)(F)F)cc2)cs1)c1cccn1Cc1ccnc(F)c1. The van der Waals surface area contributed by atoms with Gasteiger partial charge in [-0.1, -0.05) is 0 Å². The number of halogens is 4. The molecule has 11 heteroatoms. The van der Waals surface area contributed by atoms with E-state index in [-0.39, 0.29) is 11.9 Å². The number of pyridine rings is 1. The first-order valence-electron chi connectivity index (χ1n) is 11.2. The number of hydrogen-bond acceptors (Lipinski definition) is 5. The van der Waals surface area contributed by atoms with E-state index in [9.17, 15) is 22.4 Å². The van der Waals surface area contributed by atoms with Gasteiger partial charge in [0.15, 0.2) is 5.13 Å². The predicted octanol–water partition coefficient (Wildman–Crippen LogP) is 6.14. The topological polar surface area (TPSA) is 63.1 Å². The minimum Gasteiger partial charge on any atom is -0.363 e. The molecule has 4 aromatic rings. The first-order chi connectivity index (χ1) is 17.3. The molecule has 3 aromatic heterocycles. The van der Waals surface area contributed by atoms with Gasteiger partial charge in [0, 0.05) is 36.6 Å². The van der Waals surface area contributed by atoms with E-state index < -0.39 is 17.7 Å². The van der Waals surface area contributed by atoms with E-state index in [0.717, 1.165) is 30.7 Å². The summed E-state index contributed by atoms with van der Waals surface area (Å²) in [5.41, 5.74) is 1.86. The molecular formula is C25H21F4N5OS. The largest absolute Gasteiger partial charge is 0.416 e. The molecule has 0 radical (unpaired) electrons. The number of rotatable bonds is 6. The zero-order valence-corrected chi connectivity index (χ0v) is 19.7. The average Bonchev–Trinajstić information content (AvgIpc) is 3.59. The maximum atomic E-state index is 13.4.